The smallest absolute Gasteiger partial charge is 0.269 e. The molecule has 3 aromatic carbocycles. The summed E-state index contributed by atoms with van der Waals surface area (Å²) in [7, 11) is -2.00. The van der Waals surface area contributed by atoms with Crippen LogP contribution >= 0.6 is 0 Å². The fourth-order valence-electron chi connectivity index (χ4n) is 3.82. The Morgan fingerprint density at radius 3 is 2.08 bits per heavy atom. The van der Waals surface area contributed by atoms with E-state index in [2.05, 4.69) is 33.9 Å². The molecule has 3 aromatic rings. The third-order valence-electron chi connectivity index (χ3n) is 6.92. The molecule has 1 amide bonds. The summed E-state index contributed by atoms with van der Waals surface area (Å²) >= 11 is 0. The van der Waals surface area contributed by atoms with E-state index in [0.29, 0.717) is 16.8 Å². The number of rotatable bonds is 6. The maximum atomic E-state index is 13.5. The molecule has 1 saturated heterocycles. The van der Waals surface area contributed by atoms with Crippen LogP contribution in [0, 0.1) is 15.9 Å². The maximum absolute atomic E-state index is 13.5. The van der Waals surface area contributed by atoms with Gasteiger partial charge in [0.05, 0.1) is 11.0 Å². The molecule has 1 aliphatic heterocycles. The van der Waals surface area contributed by atoms with Gasteiger partial charge in [0.1, 0.15) is 11.6 Å². The van der Waals surface area contributed by atoms with Gasteiger partial charge in [-0.05, 0) is 83.9 Å². The Hall–Kier alpha value is -3.78. The van der Waals surface area contributed by atoms with Gasteiger partial charge in [-0.25, -0.2) is 4.39 Å². The highest BCUT2D eigenvalue weighted by Crippen LogP contribution is 2.45. The molecular weight excluding hydrogens is 475 g/mol. The van der Waals surface area contributed by atoms with E-state index in [1.54, 1.807) is 35.2 Å². The van der Waals surface area contributed by atoms with Crippen LogP contribution in [-0.2, 0) is 4.79 Å². The third kappa shape index (κ3) is 4.95. The fraction of sp³-hybridized carbons (Fsp3) is 0.250. The molecule has 8 heteroatoms. The lowest BCUT2D eigenvalue weighted by atomic mass is 9.86. The van der Waals surface area contributed by atoms with Gasteiger partial charge in [0.25, 0.3) is 11.6 Å². The average molecular weight is 505 g/mol. The molecule has 0 spiro atoms. The molecule has 0 aromatic heterocycles. The van der Waals surface area contributed by atoms with Crippen molar-refractivity contribution in [3.63, 3.8) is 0 Å². The minimum Gasteiger partial charge on any atom is -0.544 e. The van der Waals surface area contributed by atoms with Crippen LogP contribution in [0.2, 0.25) is 18.1 Å². The largest absolute Gasteiger partial charge is 0.544 e. The highest BCUT2D eigenvalue weighted by molar-refractivity contribution is 6.74. The van der Waals surface area contributed by atoms with Crippen LogP contribution in [0.5, 0.6) is 5.75 Å². The van der Waals surface area contributed by atoms with Gasteiger partial charge >= 0.3 is 0 Å². The molecule has 4 rings (SSSR count). The van der Waals surface area contributed by atoms with Crippen LogP contribution in [0.25, 0.3) is 6.08 Å². The second-order valence-electron chi connectivity index (χ2n) is 10.4. The molecule has 1 atom stereocenters. The zero-order chi connectivity index (χ0) is 26.3. The van der Waals surface area contributed by atoms with Crippen LogP contribution in [0.15, 0.2) is 78.4 Å². The van der Waals surface area contributed by atoms with E-state index in [1.165, 1.54) is 24.3 Å². The van der Waals surface area contributed by atoms with Gasteiger partial charge in [0.15, 0.2) is 0 Å². The van der Waals surface area contributed by atoms with Crippen molar-refractivity contribution in [2.24, 2.45) is 0 Å². The summed E-state index contributed by atoms with van der Waals surface area (Å²) in [6.07, 6.45) is 1.75. The van der Waals surface area contributed by atoms with E-state index in [1.807, 2.05) is 24.3 Å². The van der Waals surface area contributed by atoms with Crippen LogP contribution in [0.1, 0.15) is 37.9 Å². The molecule has 1 heterocycles. The quantitative estimate of drug-likeness (QED) is 0.116. The minimum atomic E-state index is -2.00. The van der Waals surface area contributed by atoms with E-state index in [-0.39, 0.29) is 28.5 Å². The molecule has 0 bridgehead atoms. The molecule has 6 nitrogen and oxygen atoms in total. The molecule has 0 radical (unpaired) electrons. The highest BCUT2D eigenvalue weighted by atomic mass is 28.4. The highest BCUT2D eigenvalue weighted by Gasteiger charge is 2.44. The number of anilines is 1. The first-order valence-electron chi connectivity index (χ1n) is 11.7. The number of carbonyl (C=O) groups is 1. The number of nitrogens with zero attached hydrogens (tertiary/aromatic N) is 2. The Morgan fingerprint density at radius 2 is 1.56 bits per heavy atom. The number of nitro groups is 1. The van der Waals surface area contributed by atoms with E-state index < -0.39 is 13.2 Å². The van der Waals surface area contributed by atoms with Gasteiger partial charge in [-0.1, -0.05) is 32.9 Å². The normalized spacial score (nSPS) is 17.2. The molecule has 0 saturated carbocycles. The minimum absolute atomic E-state index is 0.0149. The first-order valence-corrected chi connectivity index (χ1v) is 14.6. The number of non-ortho nitro benzene ring substituents is 1. The summed E-state index contributed by atoms with van der Waals surface area (Å²) < 4.78 is 19.9. The lowest BCUT2D eigenvalue weighted by molar-refractivity contribution is -0.384. The van der Waals surface area contributed by atoms with Crippen LogP contribution in [0.3, 0.4) is 0 Å². The Kier molecular flexibility index (Phi) is 6.57. The zero-order valence-corrected chi connectivity index (χ0v) is 22.0. The van der Waals surface area contributed by atoms with E-state index >= 15 is 0 Å². The van der Waals surface area contributed by atoms with Gasteiger partial charge < -0.3 is 4.43 Å². The topological polar surface area (TPSA) is 72.7 Å². The lowest BCUT2D eigenvalue weighted by Gasteiger charge is -2.43. The van der Waals surface area contributed by atoms with Crippen LogP contribution in [0.4, 0.5) is 15.8 Å². The maximum Gasteiger partial charge on any atom is 0.269 e. The number of β-lactam (4-membered cyclic amide) rings is 1. The van der Waals surface area contributed by atoms with Crippen molar-refractivity contribution in [1.82, 2.24) is 0 Å². The summed E-state index contributed by atoms with van der Waals surface area (Å²) in [6.45, 7) is 10.9. The van der Waals surface area contributed by atoms with Gasteiger partial charge in [-0.3, -0.25) is 19.8 Å². The van der Waals surface area contributed by atoms with Crippen molar-refractivity contribution in [2.75, 3.05) is 4.90 Å². The number of carbonyl (C=O) groups excluding carboxylic acids is 1. The Labute approximate surface area is 211 Å². The lowest BCUT2D eigenvalue weighted by Crippen LogP contribution is -2.49. The van der Waals surface area contributed by atoms with Crippen molar-refractivity contribution in [1.29, 1.82) is 0 Å². The molecule has 186 valence electrons. The Bertz CT molecular complexity index is 1310. The van der Waals surface area contributed by atoms with Crippen molar-refractivity contribution in [3.8, 4) is 5.75 Å². The predicted molar refractivity (Wildman–Crippen MR) is 142 cm³/mol. The summed E-state index contributed by atoms with van der Waals surface area (Å²) in [5, 5.41) is 11.0. The standard InChI is InChI=1S/C28H29FN2O4Si/c1-28(2,3)36(4,5)35-24-16-8-20(9-17-24)26-25(18-19-6-12-23(13-7-19)31(33)34)27(32)30(26)22-14-10-21(29)11-15-22/h6-18,26H,1-5H3/b25-18+. The van der Waals surface area contributed by atoms with E-state index in [0.717, 1.165) is 11.3 Å². The SMILES string of the molecule is CC(C)(C)[Si](C)(C)Oc1ccc(C2/C(=C\c3ccc([N+](=O)[O-])cc3)C(=O)N2c2ccc(F)cc2)cc1. The predicted octanol–water partition coefficient (Wildman–Crippen LogP) is 7.29. The van der Waals surface area contributed by atoms with Crippen molar-refractivity contribution in [2.45, 2.75) is 44.9 Å². The summed E-state index contributed by atoms with van der Waals surface area (Å²) in [4.78, 5) is 25.4. The van der Waals surface area contributed by atoms with E-state index in [9.17, 15) is 19.3 Å². The summed E-state index contributed by atoms with van der Waals surface area (Å²) in [6, 6.07) is 19.2. The number of halogens is 1. The van der Waals surface area contributed by atoms with Gasteiger partial charge in [-0.15, -0.1) is 0 Å². The van der Waals surface area contributed by atoms with E-state index in [4.69, 9.17) is 4.43 Å². The van der Waals surface area contributed by atoms with Gasteiger partial charge in [0, 0.05) is 23.4 Å². The molecule has 1 aliphatic rings. The number of nitro benzene ring substituents is 1. The molecule has 36 heavy (non-hydrogen) atoms. The van der Waals surface area contributed by atoms with Crippen molar-refractivity contribution < 1.29 is 18.5 Å². The average Bonchev–Trinajstić information content (AvgIpc) is 2.82. The number of amides is 1. The van der Waals surface area contributed by atoms with Gasteiger partial charge in [-0.2, -0.15) is 0 Å². The fourth-order valence-corrected chi connectivity index (χ4v) is 4.85. The van der Waals surface area contributed by atoms with Crippen LogP contribution in [-0.4, -0.2) is 19.1 Å². The van der Waals surface area contributed by atoms with Crippen LogP contribution < -0.4 is 9.33 Å². The van der Waals surface area contributed by atoms with Crippen molar-refractivity contribution >= 4 is 31.7 Å². The van der Waals surface area contributed by atoms with Crippen molar-refractivity contribution in [3.05, 3.63) is 105 Å². The summed E-state index contributed by atoms with van der Waals surface area (Å²) in [5.41, 5.74) is 2.69. The van der Waals surface area contributed by atoms with Gasteiger partial charge in [0.2, 0.25) is 8.32 Å². The zero-order valence-electron chi connectivity index (χ0n) is 21.0. The molecule has 0 aliphatic carbocycles. The molecule has 1 unspecified atom stereocenters. The number of benzene rings is 3. The second-order valence-corrected chi connectivity index (χ2v) is 15.2. The number of hydrogen-bond donors (Lipinski definition) is 0. The molecule has 1 fully saturated rings. The monoisotopic (exact) mass is 504 g/mol. The Morgan fingerprint density at radius 1 is 0.972 bits per heavy atom. The first kappa shape index (κ1) is 25.3. The molecular formula is C28H29FN2O4Si. The second kappa shape index (κ2) is 9.35. The third-order valence-corrected chi connectivity index (χ3v) is 11.3. The first-order chi connectivity index (χ1) is 16.9. The number of hydrogen-bond acceptors (Lipinski definition) is 4. The summed E-state index contributed by atoms with van der Waals surface area (Å²) in [5.74, 6) is 0.203. The Balaban J connectivity index is 1.68. The molecule has 0 N–H and O–H groups in total.